The first-order valence-electron chi connectivity index (χ1n) is 9.34. The number of thioether (sulfide) groups is 1. The summed E-state index contributed by atoms with van der Waals surface area (Å²) in [5.41, 5.74) is 2.45. The number of methoxy groups -OCH3 is 1. The highest BCUT2D eigenvalue weighted by molar-refractivity contribution is 8.00. The second-order valence-electron chi connectivity index (χ2n) is 6.57. The zero-order valence-corrected chi connectivity index (χ0v) is 16.6. The van der Waals surface area contributed by atoms with Crippen LogP contribution in [-0.4, -0.2) is 54.4 Å². The number of hydrogen-bond acceptors (Lipinski definition) is 5. The van der Waals surface area contributed by atoms with Crippen LogP contribution in [0.15, 0.2) is 24.4 Å². The first-order valence-corrected chi connectivity index (χ1v) is 10.4. The Morgan fingerprint density at radius 1 is 1.33 bits per heavy atom. The van der Waals surface area contributed by atoms with Gasteiger partial charge in [0.05, 0.1) is 18.4 Å². The first kappa shape index (κ1) is 19.8. The van der Waals surface area contributed by atoms with Crippen molar-refractivity contribution in [3.63, 3.8) is 0 Å². The van der Waals surface area contributed by atoms with E-state index < -0.39 is 0 Å². The Morgan fingerprint density at radius 2 is 2.15 bits per heavy atom. The lowest BCUT2D eigenvalue weighted by Crippen LogP contribution is -2.29. The van der Waals surface area contributed by atoms with E-state index in [-0.39, 0.29) is 17.3 Å². The normalized spacial score (nSPS) is 17.0. The standard InChI is InChI=1S/C20H26N2O4S/c1-3-4-9-26-10-5-8-22-18(23)13-27-19(22)16-12-21-17-11-14(20(24)25-2)6-7-15(16)17/h6-7,11-12,19,21H,3-5,8-10,13H2,1-2H3. The average Bonchev–Trinajstić information content (AvgIpc) is 3.26. The van der Waals surface area contributed by atoms with E-state index in [4.69, 9.17) is 9.47 Å². The summed E-state index contributed by atoms with van der Waals surface area (Å²) < 4.78 is 10.4. The van der Waals surface area contributed by atoms with Crippen LogP contribution in [0.4, 0.5) is 0 Å². The second-order valence-corrected chi connectivity index (χ2v) is 7.63. The molecule has 1 atom stereocenters. The third kappa shape index (κ3) is 4.47. The van der Waals surface area contributed by atoms with Crippen LogP contribution in [-0.2, 0) is 14.3 Å². The van der Waals surface area contributed by atoms with Crippen LogP contribution in [0.25, 0.3) is 10.9 Å². The van der Waals surface area contributed by atoms with Gasteiger partial charge in [-0.25, -0.2) is 4.79 Å². The molecule has 1 aromatic heterocycles. The van der Waals surface area contributed by atoms with Crippen molar-refractivity contribution >= 4 is 34.5 Å². The number of carbonyl (C=O) groups is 2. The Morgan fingerprint density at radius 3 is 2.93 bits per heavy atom. The molecule has 27 heavy (non-hydrogen) atoms. The predicted octanol–water partition coefficient (Wildman–Crippen LogP) is 3.74. The minimum absolute atomic E-state index is 0.00846. The predicted molar refractivity (Wildman–Crippen MR) is 107 cm³/mol. The molecule has 6 nitrogen and oxygen atoms in total. The molecule has 1 aromatic carbocycles. The van der Waals surface area contributed by atoms with E-state index in [1.165, 1.54) is 7.11 Å². The fourth-order valence-electron chi connectivity index (χ4n) is 3.24. The van der Waals surface area contributed by atoms with Gasteiger partial charge >= 0.3 is 5.97 Å². The fourth-order valence-corrected chi connectivity index (χ4v) is 4.48. The molecule has 1 unspecified atom stereocenters. The summed E-state index contributed by atoms with van der Waals surface area (Å²) in [7, 11) is 1.37. The highest BCUT2D eigenvalue weighted by Gasteiger charge is 2.33. The monoisotopic (exact) mass is 390 g/mol. The molecule has 3 rings (SSSR count). The molecular formula is C20H26N2O4S. The zero-order chi connectivity index (χ0) is 19.2. The summed E-state index contributed by atoms with van der Waals surface area (Å²) in [6.45, 7) is 4.30. The van der Waals surface area contributed by atoms with E-state index >= 15 is 0 Å². The molecule has 1 fully saturated rings. The molecule has 0 radical (unpaired) electrons. The van der Waals surface area contributed by atoms with Crippen LogP contribution in [0.1, 0.15) is 47.5 Å². The molecule has 1 saturated heterocycles. The maximum absolute atomic E-state index is 12.4. The Hall–Kier alpha value is -1.99. The maximum atomic E-state index is 12.4. The summed E-state index contributed by atoms with van der Waals surface area (Å²) in [5.74, 6) is 0.302. The van der Waals surface area contributed by atoms with Crippen molar-refractivity contribution in [2.24, 2.45) is 0 Å². The highest BCUT2D eigenvalue weighted by Crippen LogP contribution is 2.41. The summed E-state index contributed by atoms with van der Waals surface area (Å²) >= 11 is 1.64. The second kappa shape index (κ2) is 9.28. The van der Waals surface area contributed by atoms with Gasteiger partial charge in [-0.1, -0.05) is 19.4 Å². The molecule has 0 saturated carbocycles. The fraction of sp³-hybridized carbons (Fsp3) is 0.500. The lowest BCUT2D eigenvalue weighted by Gasteiger charge is -2.23. The summed E-state index contributed by atoms with van der Waals surface area (Å²) in [4.78, 5) is 29.2. The van der Waals surface area contributed by atoms with E-state index in [0.717, 1.165) is 42.3 Å². The number of carbonyl (C=O) groups excluding carboxylic acids is 2. The molecule has 0 spiro atoms. The Labute approximate surface area is 163 Å². The molecule has 146 valence electrons. The molecule has 2 aromatic rings. The van der Waals surface area contributed by atoms with E-state index in [0.29, 0.717) is 24.5 Å². The highest BCUT2D eigenvalue weighted by atomic mass is 32.2. The molecule has 1 N–H and O–H groups in total. The molecule has 1 aliphatic heterocycles. The first-order chi connectivity index (χ1) is 13.2. The van der Waals surface area contributed by atoms with Gasteiger partial charge in [0.2, 0.25) is 5.91 Å². The van der Waals surface area contributed by atoms with Crippen molar-refractivity contribution in [1.82, 2.24) is 9.88 Å². The Balaban J connectivity index is 1.70. The number of hydrogen-bond donors (Lipinski definition) is 1. The third-order valence-electron chi connectivity index (χ3n) is 4.70. The number of benzene rings is 1. The summed E-state index contributed by atoms with van der Waals surface area (Å²) in [6.07, 6.45) is 4.97. The number of amides is 1. The van der Waals surface area contributed by atoms with Gasteiger partial charge in [-0.3, -0.25) is 4.79 Å². The van der Waals surface area contributed by atoms with Crippen LogP contribution in [0.5, 0.6) is 0 Å². The smallest absolute Gasteiger partial charge is 0.337 e. The van der Waals surface area contributed by atoms with Crippen molar-refractivity contribution in [1.29, 1.82) is 0 Å². The summed E-state index contributed by atoms with van der Waals surface area (Å²) in [6, 6.07) is 5.47. The van der Waals surface area contributed by atoms with Gasteiger partial charge in [0, 0.05) is 42.4 Å². The van der Waals surface area contributed by atoms with Crippen molar-refractivity contribution in [2.75, 3.05) is 32.6 Å². The minimum atomic E-state index is -0.358. The van der Waals surface area contributed by atoms with E-state index in [2.05, 4.69) is 11.9 Å². The van der Waals surface area contributed by atoms with E-state index in [9.17, 15) is 9.59 Å². The zero-order valence-electron chi connectivity index (χ0n) is 15.8. The van der Waals surface area contributed by atoms with E-state index in [1.807, 2.05) is 17.2 Å². The number of aromatic nitrogens is 1. The van der Waals surface area contributed by atoms with Crippen molar-refractivity contribution < 1.29 is 19.1 Å². The lowest BCUT2D eigenvalue weighted by molar-refractivity contribution is -0.128. The largest absolute Gasteiger partial charge is 0.465 e. The maximum Gasteiger partial charge on any atom is 0.337 e. The van der Waals surface area contributed by atoms with Gasteiger partial charge in [0.1, 0.15) is 5.37 Å². The van der Waals surface area contributed by atoms with Gasteiger partial charge in [-0.05, 0) is 25.0 Å². The van der Waals surface area contributed by atoms with Crippen LogP contribution in [0, 0.1) is 0 Å². The summed E-state index contributed by atoms with van der Waals surface area (Å²) in [5, 5.41) is 1.02. The van der Waals surface area contributed by atoms with Crippen LogP contribution < -0.4 is 0 Å². The topological polar surface area (TPSA) is 71.6 Å². The van der Waals surface area contributed by atoms with Crippen LogP contribution >= 0.6 is 11.8 Å². The SMILES string of the molecule is CCCCOCCCN1C(=O)CSC1c1c[nH]c2cc(C(=O)OC)ccc12. The molecule has 7 heteroatoms. The number of aromatic amines is 1. The van der Waals surface area contributed by atoms with Gasteiger partial charge in [0.25, 0.3) is 0 Å². The average molecular weight is 391 g/mol. The van der Waals surface area contributed by atoms with Crippen LogP contribution in [0.3, 0.4) is 0 Å². The molecule has 1 amide bonds. The van der Waals surface area contributed by atoms with Crippen molar-refractivity contribution in [2.45, 2.75) is 31.6 Å². The minimum Gasteiger partial charge on any atom is -0.465 e. The number of H-pyrrole nitrogens is 1. The van der Waals surface area contributed by atoms with Gasteiger partial charge in [0.15, 0.2) is 0 Å². The Kier molecular flexibility index (Phi) is 6.79. The van der Waals surface area contributed by atoms with Crippen molar-refractivity contribution in [3.05, 3.63) is 35.5 Å². The van der Waals surface area contributed by atoms with E-state index in [1.54, 1.807) is 23.9 Å². The number of unbranched alkanes of at least 4 members (excludes halogenated alkanes) is 1. The number of nitrogens with zero attached hydrogens (tertiary/aromatic N) is 1. The molecule has 0 aliphatic carbocycles. The van der Waals surface area contributed by atoms with Crippen LogP contribution in [0.2, 0.25) is 0 Å². The Bertz CT molecular complexity index is 804. The van der Waals surface area contributed by atoms with Crippen molar-refractivity contribution in [3.8, 4) is 0 Å². The number of nitrogens with one attached hydrogen (secondary N) is 1. The van der Waals surface area contributed by atoms with Gasteiger partial charge in [-0.15, -0.1) is 11.8 Å². The number of rotatable bonds is 9. The molecule has 0 bridgehead atoms. The quantitative estimate of drug-likeness (QED) is 0.522. The van der Waals surface area contributed by atoms with Gasteiger partial charge in [-0.2, -0.15) is 0 Å². The molecule has 2 heterocycles. The number of esters is 1. The molecular weight excluding hydrogens is 364 g/mol. The molecule has 1 aliphatic rings. The van der Waals surface area contributed by atoms with Gasteiger partial charge < -0.3 is 19.4 Å². The number of fused-ring (bicyclic) bond motifs is 1. The number of ether oxygens (including phenoxy) is 2. The third-order valence-corrected chi connectivity index (χ3v) is 5.94. The lowest BCUT2D eigenvalue weighted by atomic mass is 10.1.